The Morgan fingerprint density at radius 1 is 1.00 bits per heavy atom. The van der Waals surface area contributed by atoms with Crippen LogP contribution < -0.4 is 26.0 Å². The van der Waals surface area contributed by atoms with Crippen LogP contribution in [0.5, 0.6) is 5.75 Å². The standard InChI is InChI=1S/C29H38F3N7O3/c1-39-13-11-19(12-14-39)34-27(41)18-9-10-23(24(15-18)42-2)37-28-33-16-20(29(30,31)32)25(38-28)35-21-5-3-4-6-22(21)36-26(40)17-7-8-17/h9-10,15-17,19,21-22H,3-8,11-14H2,1-2H3,(H,34,41)(H,36,40)(H2,33,35,37,38)/t21-,22-/m1/s1. The van der Waals surface area contributed by atoms with Crippen molar-refractivity contribution in [3.63, 3.8) is 0 Å². The lowest BCUT2D eigenvalue weighted by Crippen LogP contribution is -2.49. The molecule has 2 heterocycles. The van der Waals surface area contributed by atoms with E-state index in [0.717, 1.165) is 57.8 Å². The molecule has 5 rings (SSSR count). The Kier molecular flexibility index (Phi) is 9.05. The van der Waals surface area contributed by atoms with Crippen molar-refractivity contribution in [1.29, 1.82) is 0 Å². The second-order valence-corrected chi connectivity index (χ2v) is 11.5. The zero-order valence-corrected chi connectivity index (χ0v) is 23.9. The van der Waals surface area contributed by atoms with Gasteiger partial charge >= 0.3 is 6.18 Å². The number of amides is 2. The summed E-state index contributed by atoms with van der Waals surface area (Å²) >= 11 is 0. The summed E-state index contributed by atoms with van der Waals surface area (Å²) in [5, 5.41) is 12.0. The van der Waals surface area contributed by atoms with E-state index in [4.69, 9.17) is 4.74 Å². The van der Waals surface area contributed by atoms with Crippen molar-refractivity contribution in [2.75, 3.05) is 37.9 Å². The summed E-state index contributed by atoms with van der Waals surface area (Å²) in [4.78, 5) is 35.6. The van der Waals surface area contributed by atoms with Crippen LogP contribution in [-0.4, -0.2) is 72.1 Å². The number of methoxy groups -OCH3 is 1. The van der Waals surface area contributed by atoms with E-state index in [1.165, 1.54) is 7.11 Å². The van der Waals surface area contributed by atoms with Crippen LogP contribution in [0.25, 0.3) is 0 Å². The Labute approximate surface area is 243 Å². The number of nitrogens with one attached hydrogen (secondary N) is 4. The third-order valence-corrected chi connectivity index (χ3v) is 8.22. The molecule has 1 saturated heterocycles. The van der Waals surface area contributed by atoms with E-state index in [1.54, 1.807) is 18.2 Å². The lowest BCUT2D eigenvalue weighted by molar-refractivity contribution is -0.137. The fourth-order valence-electron chi connectivity index (χ4n) is 5.54. The van der Waals surface area contributed by atoms with Crippen LogP contribution in [0.2, 0.25) is 0 Å². The van der Waals surface area contributed by atoms with Crippen molar-refractivity contribution in [2.24, 2.45) is 5.92 Å². The largest absolute Gasteiger partial charge is 0.495 e. The SMILES string of the molecule is COc1cc(C(=O)NC2CCN(C)CC2)ccc1Nc1ncc(C(F)(F)F)c(N[C@@H]2CCCC[C@H]2NC(=O)C2CC2)n1. The summed E-state index contributed by atoms with van der Waals surface area (Å²) < 4.78 is 47.3. The summed E-state index contributed by atoms with van der Waals surface area (Å²) in [6.07, 6.45) is 2.52. The van der Waals surface area contributed by atoms with Gasteiger partial charge in [0, 0.05) is 35.8 Å². The van der Waals surface area contributed by atoms with Crippen LogP contribution in [0.4, 0.5) is 30.6 Å². The topological polar surface area (TPSA) is 121 Å². The maximum absolute atomic E-state index is 13.9. The number of halogens is 3. The molecule has 2 aliphatic carbocycles. The number of piperidine rings is 1. The molecule has 228 valence electrons. The highest BCUT2D eigenvalue weighted by atomic mass is 19.4. The number of carbonyl (C=O) groups is 2. The van der Waals surface area contributed by atoms with Gasteiger partial charge in [0.1, 0.15) is 17.1 Å². The van der Waals surface area contributed by atoms with Gasteiger partial charge in [0.15, 0.2) is 0 Å². The van der Waals surface area contributed by atoms with Gasteiger partial charge in [-0.25, -0.2) is 4.98 Å². The summed E-state index contributed by atoms with van der Waals surface area (Å²) in [6.45, 7) is 1.83. The number of aromatic nitrogens is 2. The Bertz CT molecular complexity index is 1280. The van der Waals surface area contributed by atoms with E-state index in [2.05, 4.69) is 43.2 Å². The Morgan fingerprint density at radius 2 is 1.71 bits per heavy atom. The number of likely N-dealkylation sites (tertiary alicyclic amines) is 1. The van der Waals surface area contributed by atoms with Crippen LogP contribution in [0, 0.1) is 5.92 Å². The van der Waals surface area contributed by atoms with Crippen LogP contribution in [0.3, 0.4) is 0 Å². The molecule has 4 N–H and O–H groups in total. The molecule has 10 nitrogen and oxygen atoms in total. The molecule has 1 aliphatic heterocycles. The van der Waals surface area contributed by atoms with E-state index in [-0.39, 0.29) is 41.6 Å². The van der Waals surface area contributed by atoms with E-state index in [1.807, 2.05) is 0 Å². The molecule has 1 aromatic carbocycles. The van der Waals surface area contributed by atoms with Crippen molar-refractivity contribution < 1.29 is 27.5 Å². The van der Waals surface area contributed by atoms with Gasteiger partial charge in [0.05, 0.1) is 12.8 Å². The van der Waals surface area contributed by atoms with Crippen LogP contribution in [-0.2, 0) is 11.0 Å². The first-order valence-electron chi connectivity index (χ1n) is 14.6. The maximum Gasteiger partial charge on any atom is 0.421 e. The number of carbonyl (C=O) groups excluding carboxylic acids is 2. The van der Waals surface area contributed by atoms with Crippen LogP contribution in [0.15, 0.2) is 24.4 Å². The van der Waals surface area contributed by atoms with E-state index < -0.39 is 17.8 Å². The van der Waals surface area contributed by atoms with Gasteiger partial charge in [0.25, 0.3) is 5.91 Å². The normalized spacial score (nSPS) is 21.8. The number of benzene rings is 1. The molecule has 3 fully saturated rings. The highest BCUT2D eigenvalue weighted by Gasteiger charge is 2.38. The lowest BCUT2D eigenvalue weighted by Gasteiger charge is -2.33. The fourth-order valence-corrected chi connectivity index (χ4v) is 5.54. The van der Waals surface area contributed by atoms with Gasteiger partial charge < -0.3 is 30.9 Å². The van der Waals surface area contributed by atoms with E-state index in [9.17, 15) is 22.8 Å². The average molecular weight is 590 g/mol. The van der Waals surface area contributed by atoms with Crippen molar-refractivity contribution in [3.8, 4) is 5.75 Å². The van der Waals surface area contributed by atoms with Crippen molar-refractivity contribution in [2.45, 2.75) is 75.7 Å². The molecule has 2 aromatic rings. The molecular weight excluding hydrogens is 551 g/mol. The summed E-state index contributed by atoms with van der Waals surface area (Å²) in [5.74, 6) is -0.353. The second kappa shape index (κ2) is 12.7. The smallest absolute Gasteiger partial charge is 0.421 e. The van der Waals surface area contributed by atoms with E-state index in [0.29, 0.717) is 29.8 Å². The molecule has 0 unspecified atom stereocenters. The Balaban J connectivity index is 1.32. The molecule has 2 amide bonds. The molecule has 0 bridgehead atoms. The molecule has 42 heavy (non-hydrogen) atoms. The lowest BCUT2D eigenvalue weighted by atomic mass is 9.90. The predicted octanol–water partition coefficient (Wildman–Crippen LogP) is 4.32. The molecule has 0 radical (unpaired) electrons. The first kappa shape index (κ1) is 29.9. The van der Waals surface area contributed by atoms with Gasteiger partial charge in [-0.05, 0) is 76.9 Å². The third-order valence-electron chi connectivity index (χ3n) is 8.22. The van der Waals surface area contributed by atoms with Crippen molar-refractivity contribution in [1.82, 2.24) is 25.5 Å². The Hall–Kier alpha value is -3.61. The summed E-state index contributed by atoms with van der Waals surface area (Å²) in [7, 11) is 3.50. The number of alkyl halides is 3. The van der Waals surface area contributed by atoms with Crippen LogP contribution >= 0.6 is 0 Å². The fraction of sp³-hybridized carbons (Fsp3) is 0.586. The highest BCUT2D eigenvalue weighted by Crippen LogP contribution is 2.36. The monoisotopic (exact) mass is 589 g/mol. The predicted molar refractivity (Wildman–Crippen MR) is 152 cm³/mol. The molecule has 2 atom stereocenters. The number of anilines is 3. The molecule has 0 spiro atoms. The van der Waals surface area contributed by atoms with E-state index >= 15 is 0 Å². The minimum atomic E-state index is -4.68. The van der Waals surface area contributed by atoms with Crippen LogP contribution in [0.1, 0.15) is 67.3 Å². The average Bonchev–Trinajstić information content (AvgIpc) is 3.81. The highest BCUT2D eigenvalue weighted by molar-refractivity contribution is 5.95. The van der Waals surface area contributed by atoms with Crippen molar-refractivity contribution >= 4 is 29.3 Å². The quantitative estimate of drug-likeness (QED) is 0.342. The van der Waals surface area contributed by atoms with Gasteiger partial charge in [-0.2, -0.15) is 18.2 Å². The molecule has 3 aliphatic rings. The van der Waals surface area contributed by atoms with Gasteiger partial charge in [-0.1, -0.05) is 12.8 Å². The number of rotatable bonds is 9. The van der Waals surface area contributed by atoms with Gasteiger partial charge in [0.2, 0.25) is 11.9 Å². The minimum Gasteiger partial charge on any atom is -0.495 e. The number of hydrogen-bond acceptors (Lipinski definition) is 8. The van der Waals surface area contributed by atoms with Gasteiger partial charge in [-0.15, -0.1) is 0 Å². The first-order chi connectivity index (χ1) is 20.1. The second-order valence-electron chi connectivity index (χ2n) is 11.5. The molecule has 2 saturated carbocycles. The molecular formula is C29H38F3N7O3. The number of ether oxygens (including phenoxy) is 1. The number of hydrogen-bond donors (Lipinski definition) is 4. The first-order valence-corrected chi connectivity index (χ1v) is 14.6. The molecule has 1 aromatic heterocycles. The summed E-state index contributed by atoms with van der Waals surface area (Å²) in [5.41, 5.74) is -0.186. The zero-order valence-electron chi connectivity index (χ0n) is 23.9. The minimum absolute atomic E-state index is 0.00915. The van der Waals surface area contributed by atoms with Gasteiger partial charge in [-0.3, -0.25) is 9.59 Å². The zero-order chi connectivity index (χ0) is 29.9. The maximum atomic E-state index is 13.9. The van der Waals surface area contributed by atoms with Crippen molar-refractivity contribution in [3.05, 3.63) is 35.5 Å². The third kappa shape index (κ3) is 7.42. The number of nitrogens with zero attached hydrogens (tertiary/aromatic N) is 3. The summed E-state index contributed by atoms with van der Waals surface area (Å²) in [6, 6.07) is 4.21. The molecule has 13 heteroatoms. The Morgan fingerprint density at radius 3 is 2.38 bits per heavy atom.